The molecule has 1 amide bonds. The van der Waals surface area contributed by atoms with E-state index in [1.54, 1.807) is 4.90 Å². The van der Waals surface area contributed by atoms with Gasteiger partial charge < -0.3 is 24.4 Å². The maximum atomic E-state index is 15.2. The van der Waals surface area contributed by atoms with Crippen molar-refractivity contribution in [2.75, 3.05) is 37.9 Å². The molecule has 2 aliphatic heterocycles. The van der Waals surface area contributed by atoms with E-state index in [9.17, 15) is 17.6 Å². The maximum Gasteiger partial charge on any atom is 0.410 e. The van der Waals surface area contributed by atoms with Gasteiger partial charge in [-0.1, -0.05) is 0 Å². The summed E-state index contributed by atoms with van der Waals surface area (Å²) in [4.78, 5) is 21.8. The fourth-order valence-electron chi connectivity index (χ4n) is 4.40. The Morgan fingerprint density at radius 1 is 1.19 bits per heavy atom. The summed E-state index contributed by atoms with van der Waals surface area (Å²) in [7, 11) is -3.60. The van der Waals surface area contributed by atoms with Crippen molar-refractivity contribution in [3.63, 3.8) is 0 Å². The van der Waals surface area contributed by atoms with E-state index in [4.69, 9.17) is 14.2 Å². The monoisotopic (exact) mass is 524 g/mol. The van der Waals surface area contributed by atoms with E-state index < -0.39 is 27.6 Å². The van der Waals surface area contributed by atoms with E-state index in [-0.39, 0.29) is 45.8 Å². The SMILES string of the molecule is CC1(OC(=O)N2CC3COCC(C2)C3Oc2ncnc(Nc3ccc(S(C)(=O)=O)cc3F)c2F)CC1. The molecule has 2 unspecified atom stereocenters. The largest absolute Gasteiger partial charge is 0.471 e. The van der Waals surface area contributed by atoms with Crippen LogP contribution in [0.1, 0.15) is 19.8 Å². The van der Waals surface area contributed by atoms with Crippen molar-refractivity contribution in [3.05, 3.63) is 36.2 Å². The van der Waals surface area contributed by atoms with Crippen LogP contribution in [0.5, 0.6) is 5.88 Å². The molecule has 2 saturated heterocycles. The third kappa shape index (κ3) is 5.07. The van der Waals surface area contributed by atoms with Crippen LogP contribution in [0.25, 0.3) is 0 Å². The minimum atomic E-state index is -3.60. The van der Waals surface area contributed by atoms with Crippen LogP contribution in [0.15, 0.2) is 29.4 Å². The van der Waals surface area contributed by atoms with Gasteiger partial charge in [-0.05, 0) is 38.0 Å². The lowest BCUT2D eigenvalue weighted by molar-refractivity contribution is -0.112. The van der Waals surface area contributed by atoms with Gasteiger partial charge in [0.2, 0.25) is 5.82 Å². The van der Waals surface area contributed by atoms with Crippen LogP contribution in [-0.4, -0.2) is 73.6 Å². The fourth-order valence-corrected chi connectivity index (χ4v) is 5.03. The van der Waals surface area contributed by atoms with Gasteiger partial charge in [0.1, 0.15) is 23.8 Å². The van der Waals surface area contributed by atoms with Gasteiger partial charge in [-0.25, -0.2) is 22.6 Å². The number of nitrogens with one attached hydrogen (secondary N) is 1. The van der Waals surface area contributed by atoms with Crippen molar-refractivity contribution in [1.29, 1.82) is 0 Å². The number of sulfone groups is 1. The van der Waals surface area contributed by atoms with Crippen LogP contribution in [0.2, 0.25) is 0 Å². The summed E-state index contributed by atoms with van der Waals surface area (Å²) < 4.78 is 70.1. The van der Waals surface area contributed by atoms with Gasteiger partial charge in [0, 0.05) is 31.2 Å². The number of ether oxygens (including phenoxy) is 3. The van der Waals surface area contributed by atoms with Gasteiger partial charge in [-0.3, -0.25) is 0 Å². The summed E-state index contributed by atoms with van der Waals surface area (Å²) in [6.07, 6.45) is 2.92. The van der Waals surface area contributed by atoms with Crippen molar-refractivity contribution >= 4 is 27.4 Å². The highest BCUT2D eigenvalue weighted by Crippen LogP contribution is 2.40. The van der Waals surface area contributed by atoms with Gasteiger partial charge in [0.15, 0.2) is 15.7 Å². The van der Waals surface area contributed by atoms with Gasteiger partial charge in [-0.2, -0.15) is 9.37 Å². The van der Waals surface area contributed by atoms with Gasteiger partial charge in [0.05, 0.1) is 23.8 Å². The number of carbonyl (C=O) groups excluding carboxylic acids is 1. The molecule has 3 heterocycles. The average molecular weight is 525 g/mol. The van der Waals surface area contributed by atoms with Crippen LogP contribution in [0.4, 0.5) is 25.1 Å². The predicted molar refractivity (Wildman–Crippen MR) is 123 cm³/mol. The Kier molecular flexibility index (Phi) is 6.23. The first kappa shape index (κ1) is 24.6. The zero-order chi connectivity index (χ0) is 25.7. The molecule has 13 heteroatoms. The van der Waals surface area contributed by atoms with Crippen LogP contribution >= 0.6 is 0 Å². The third-order valence-corrected chi connectivity index (χ3v) is 7.79. The summed E-state index contributed by atoms with van der Waals surface area (Å²) in [5.74, 6) is -2.89. The molecule has 5 rings (SSSR count). The standard InChI is InChI=1S/C23H26F2N4O6S/c1-23(5-6-23)35-22(30)29-8-13-10-33-11-14(9-29)19(13)34-21-18(25)20(26-12-27-21)28-17-4-3-15(7-16(17)24)36(2,31)32/h3-4,7,12-14,19H,5-6,8-11H2,1-2H3,(H,26,27,28). The zero-order valence-corrected chi connectivity index (χ0v) is 20.6. The van der Waals surface area contributed by atoms with E-state index in [1.165, 1.54) is 12.1 Å². The van der Waals surface area contributed by atoms with E-state index in [2.05, 4.69) is 15.3 Å². The lowest BCUT2D eigenvalue weighted by Gasteiger charge is -2.46. The first-order valence-corrected chi connectivity index (χ1v) is 13.4. The Morgan fingerprint density at radius 2 is 1.89 bits per heavy atom. The van der Waals surface area contributed by atoms with Crippen molar-refractivity contribution in [2.45, 2.75) is 36.4 Å². The summed E-state index contributed by atoms with van der Waals surface area (Å²) in [6.45, 7) is 3.24. The van der Waals surface area contributed by atoms with E-state index in [0.29, 0.717) is 26.3 Å². The predicted octanol–water partition coefficient (Wildman–Crippen LogP) is 2.92. The number of piperidine rings is 1. The molecule has 3 aliphatic rings. The molecule has 3 fully saturated rings. The van der Waals surface area contributed by atoms with Crippen LogP contribution < -0.4 is 10.1 Å². The topological polar surface area (TPSA) is 120 Å². The highest BCUT2D eigenvalue weighted by Gasteiger charge is 2.47. The number of amides is 1. The van der Waals surface area contributed by atoms with E-state index in [0.717, 1.165) is 31.5 Å². The molecule has 1 aromatic carbocycles. The zero-order valence-electron chi connectivity index (χ0n) is 19.7. The molecular weight excluding hydrogens is 498 g/mol. The number of nitrogens with zero attached hydrogens (tertiary/aromatic N) is 3. The Morgan fingerprint density at radius 3 is 2.50 bits per heavy atom. The first-order chi connectivity index (χ1) is 17.0. The molecule has 194 valence electrons. The van der Waals surface area contributed by atoms with Crippen molar-refractivity contribution in [1.82, 2.24) is 14.9 Å². The number of fused-ring (bicyclic) bond motifs is 2. The number of anilines is 2. The Labute approximate surface area is 206 Å². The number of carbonyl (C=O) groups is 1. The molecule has 2 aromatic rings. The van der Waals surface area contributed by atoms with Crippen LogP contribution in [0.3, 0.4) is 0 Å². The number of hydrogen-bond donors (Lipinski definition) is 1. The summed E-state index contributed by atoms with van der Waals surface area (Å²) in [5.41, 5.74) is -0.541. The number of aromatic nitrogens is 2. The van der Waals surface area contributed by atoms with Gasteiger partial charge in [-0.15, -0.1) is 0 Å². The number of rotatable bonds is 6. The molecule has 36 heavy (non-hydrogen) atoms. The molecule has 0 radical (unpaired) electrons. The molecule has 1 N–H and O–H groups in total. The molecule has 2 atom stereocenters. The quantitative estimate of drug-likeness (QED) is 0.608. The Balaban J connectivity index is 1.30. The van der Waals surface area contributed by atoms with E-state index in [1.807, 2.05) is 6.92 Å². The molecule has 10 nitrogen and oxygen atoms in total. The normalized spacial score (nSPS) is 24.7. The smallest absolute Gasteiger partial charge is 0.410 e. The Hall–Kier alpha value is -3.06. The van der Waals surface area contributed by atoms with Crippen LogP contribution in [-0.2, 0) is 19.3 Å². The molecule has 0 spiro atoms. The number of likely N-dealkylation sites (tertiary alicyclic amines) is 1. The minimum absolute atomic E-state index is 0.160. The second kappa shape index (κ2) is 9.11. The minimum Gasteiger partial charge on any atom is -0.471 e. The number of hydrogen-bond acceptors (Lipinski definition) is 9. The highest BCUT2D eigenvalue weighted by molar-refractivity contribution is 7.90. The van der Waals surface area contributed by atoms with Gasteiger partial charge >= 0.3 is 6.09 Å². The van der Waals surface area contributed by atoms with Crippen LogP contribution in [0, 0.1) is 23.5 Å². The third-order valence-electron chi connectivity index (χ3n) is 6.68. The second-order valence-electron chi connectivity index (χ2n) is 9.74. The van der Waals surface area contributed by atoms with Gasteiger partial charge in [0.25, 0.3) is 5.88 Å². The van der Waals surface area contributed by atoms with E-state index >= 15 is 4.39 Å². The fraction of sp³-hybridized carbons (Fsp3) is 0.522. The summed E-state index contributed by atoms with van der Waals surface area (Å²) >= 11 is 0. The van der Waals surface area contributed by atoms with Crippen molar-refractivity contribution < 1.29 is 36.2 Å². The summed E-state index contributed by atoms with van der Waals surface area (Å²) in [6, 6.07) is 3.24. The maximum absolute atomic E-state index is 15.2. The molecule has 1 saturated carbocycles. The average Bonchev–Trinajstić information content (AvgIpc) is 3.53. The molecular formula is C23H26F2N4O6S. The van der Waals surface area contributed by atoms with Crippen molar-refractivity contribution in [2.24, 2.45) is 11.8 Å². The summed E-state index contributed by atoms with van der Waals surface area (Å²) in [5, 5.41) is 2.53. The second-order valence-corrected chi connectivity index (χ2v) is 11.8. The number of halogens is 2. The van der Waals surface area contributed by atoms with Crippen molar-refractivity contribution in [3.8, 4) is 5.88 Å². The molecule has 2 bridgehead atoms. The lowest BCUT2D eigenvalue weighted by atomic mass is 9.84. The number of benzene rings is 1. The Bertz CT molecular complexity index is 1280. The molecule has 1 aliphatic carbocycles. The lowest BCUT2D eigenvalue weighted by Crippen LogP contribution is -2.59. The highest BCUT2D eigenvalue weighted by atomic mass is 32.2. The first-order valence-electron chi connectivity index (χ1n) is 11.5. The molecule has 1 aromatic heterocycles.